The van der Waals surface area contributed by atoms with Crippen molar-refractivity contribution in [2.75, 3.05) is 18.0 Å². The highest BCUT2D eigenvalue weighted by atomic mass is 16.1. The van der Waals surface area contributed by atoms with Gasteiger partial charge in [-0.2, -0.15) is 5.10 Å². The van der Waals surface area contributed by atoms with Gasteiger partial charge in [0.25, 0.3) is 5.56 Å². The highest BCUT2D eigenvalue weighted by molar-refractivity contribution is 6.07. The molecular formula is C28H27N7O. The van der Waals surface area contributed by atoms with E-state index < -0.39 is 0 Å². The zero-order valence-corrected chi connectivity index (χ0v) is 20.2. The lowest BCUT2D eigenvalue weighted by Crippen LogP contribution is -2.44. The van der Waals surface area contributed by atoms with Crippen LogP contribution in [0.5, 0.6) is 0 Å². The number of nitrogens with two attached hydrogens (primary N) is 1. The molecule has 1 unspecified atom stereocenters. The first-order valence-corrected chi connectivity index (χ1v) is 12.3. The van der Waals surface area contributed by atoms with Crippen molar-refractivity contribution in [2.45, 2.75) is 38.9 Å². The van der Waals surface area contributed by atoms with Crippen LogP contribution in [0.3, 0.4) is 0 Å². The van der Waals surface area contributed by atoms with Crippen LogP contribution in [0.1, 0.15) is 25.3 Å². The van der Waals surface area contributed by atoms with E-state index in [1.54, 1.807) is 19.3 Å². The Morgan fingerprint density at radius 2 is 1.94 bits per heavy atom. The highest BCUT2D eigenvalue weighted by Crippen LogP contribution is 2.28. The summed E-state index contributed by atoms with van der Waals surface area (Å²) in [5.74, 6) is 6.80. The quantitative estimate of drug-likeness (QED) is 0.315. The minimum atomic E-state index is -0.185. The fourth-order valence-electron chi connectivity index (χ4n) is 5.22. The molecule has 0 saturated carbocycles. The van der Waals surface area contributed by atoms with Crippen LogP contribution < -0.4 is 16.2 Å². The molecule has 4 heterocycles. The van der Waals surface area contributed by atoms with Crippen molar-refractivity contribution in [2.24, 2.45) is 5.73 Å². The number of aromatic nitrogens is 5. The van der Waals surface area contributed by atoms with Gasteiger partial charge in [0.1, 0.15) is 11.0 Å². The maximum Gasteiger partial charge on any atom is 0.293 e. The number of anilines is 1. The first kappa shape index (κ1) is 22.3. The number of hydrogen-bond acceptors (Lipinski definition) is 6. The lowest BCUT2D eigenvalue weighted by molar-refractivity contribution is 0.496. The lowest BCUT2D eigenvalue weighted by atomic mass is 10.00. The molecule has 180 valence electrons. The Bertz CT molecular complexity index is 1720. The van der Waals surface area contributed by atoms with Gasteiger partial charge in [0, 0.05) is 30.7 Å². The Morgan fingerprint density at radius 3 is 2.78 bits per heavy atom. The van der Waals surface area contributed by atoms with Crippen molar-refractivity contribution in [1.82, 2.24) is 24.3 Å². The van der Waals surface area contributed by atoms with Gasteiger partial charge in [-0.3, -0.25) is 14.3 Å². The van der Waals surface area contributed by atoms with Crippen LogP contribution in [0.15, 0.2) is 59.7 Å². The normalized spacial score (nSPS) is 15.9. The van der Waals surface area contributed by atoms with Crippen LogP contribution in [0.2, 0.25) is 0 Å². The first-order valence-electron chi connectivity index (χ1n) is 12.3. The van der Waals surface area contributed by atoms with Crippen molar-refractivity contribution in [1.29, 1.82) is 0 Å². The second-order valence-electron chi connectivity index (χ2n) is 9.27. The third kappa shape index (κ3) is 3.78. The Labute approximate surface area is 208 Å². The van der Waals surface area contributed by atoms with Crippen molar-refractivity contribution in [3.8, 4) is 11.8 Å². The Morgan fingerprint density at radius 1 is 1.11 bits per heavy atom. The molecule has 0 radical (unpaired) electrons. The molecule has 1 saturated heterocycles. The molecule has 6 rings (SSSR count). The summed E-state index contributed by atoms with van der Waals surface area (Å²) in [6.45, 7) is 4.08. The predicted molar refractivity (Wildman–Crippen MR) is 143 cm³/mol. The summed E-state index contributed by atoms with van der Waals surface area (Å²) < 4.78 is 3.44. The molecule has 1 fully saturated rings. The summed E-state index contributed by atoms with van der Waals surface area (Å²) in [6, 6.07) is 14.4. The molecule has 0 amide bonds. The van der Waals surface area contributed by atoms with Crippen LogP contribution >= 0.6 is 0 Å². The van der Waals surface area contributed by atoms with Gasteiger partial charge in [0.15, 0.2) is 0 Å². The monoisotopic (exact) mass is 477 g/mol. The van der Waals surface area contributed by atoms with Gasteiger partial charge in [-0.15, -0.1) is 5.92 Å². The molecule has 2 N–H and O–H groups in total. The van der Waals surface area contributed by atoms with Crippen molar-refractivity contribution >= 4 is 38.7 Å². The van der Waals surface area contributed by atoms with Gasteiger partial charge in [0.05, 0.1) is 24.8 Å². The Kier molecular flexibility index (Phi) is 5.62. The standard InChI is InChI=1S/C28H27N7O/c1-2-3-14-34-26-25(32-28(34)33-13-7-8-20(29)18-33)16-31-35(27(26)36)17-19-15-24-23(11-6-12-30-24)22-10-5-4-9-21(19)22/h4-6,9-12,15-16,20H,7-8,13-14,17-18,29H2,1H3. The zero-order valence-electron chi connectivity index (χ0n) is 20.2. The van der Waals surface area contributed by atoms with Crippen LogP contribution in [-0.4, -0.2) is 43.4 Å². The minimum absolute atomic E-state index is 0.0915. The van der Waals surface area contributed by atoms with Crippen molar-refractivity contribution in [3.63, 3.8) is 0 Å². The second kappa shape index (κ2) is 9.10. The number of rotatable bonds is 4. The molecule has 1 aliphatic heterocycles. The number of imidazole rings is 1. The zero-order chi connectivity index (χ0) is 24.6. The van der Waals surface area contributed by atoms with Gasteiger partial charge in [-0.05, 0) is 48.2 Å². The molecule has 3 aromatic heterocycles. The first-order chi connectivity index (χ1) is 17.6. The maximum absolute atomic E-state index is 13.8. The molecule has 0 aliphatic carbocycles. The topological polar surface area (TPSA) is 94.9 Å². The number of piperidine rings is 1. The molecule has 0 bridgehead atoms. The van der Waals surface area contributed by atoms with Gasteiger partial charge in [-0.25, -0.2) is 9.67 Å². The molecule has 1 atom stereocenters. The fourth-order valence-corrected chi connectivity index (χ4v) is 5.22. The molecule has 8 heteroatoms. The number of fused-ring (bicyclic) bond motifs is 4. The van der Waals surface area contributed by atoms with E-state index in [-0.39, 0.29) is 11.6 Å². The largest absolute Gasteiger partial charge is 0.341 e. The Balaban J connectivity index is 1.49. The van der Waals surface area contributed by atoms with E-state index in [1.165, 1.54) is 4.68 Å². The molecule has 8 nitrogen and oxygen atoms in total. The van der Waals surface area contributed by atoms with E-state index in [4.69, 9.17) is 10.7 Å². The van der Waals surface area contributed by atoms with E-state index in [1.807, 2.05) is 22.8 Å². The van der Waals surface area contributed by atoms with E-state index in [0.29, 0.717) is 30.7 Å². The SMILES string of the molecule is CC#CCn1c(N2CCCC(N)C2)nc2cnn(Cc3cc4ncccc4c4ccccc34)c(=O)c21. The molecule has 0 spiro atoms. The summed E-state index contributed by atoms with van der Waals surface area (Å²) in [5.41, 5.74) is 9.04. The summed E-state index contributed by atoms with van der Waals surface area (Å²) >= 11 is 0. The summed E-state index contributed by atoms with van der Waals surface area (Å²) in [7, 11) is 0. The molecular weight excluding hydrogens is 450 g/mol. The third-order valence-corrected chi connectivity index (χ3v) is 6.92. The maximum atomic E-state index is 13.8. The minimum Gasteiger partial charge on any atom is -0.341 e. The predicted octanol–water partition coefficient (Wildman–Crippen LogP) is 3.29. The van der Waals surface area contributed by atoms with E-state index in [0.717, 1.165) is 52.6 Å². The van der Waals surface area contributed by atoms with Gasteiger partial charge >= 0.3 is 0 Å². The van der Waals surface area contributed by atoms with Crippen LogP contribution in [-0.2, 0) is 13.1 Å². The van der Waals surface area contributed by atoms with E-state index in [9.17, 15) is 4.79 Å². The second-order valence-corrected chi connectivity index (χ2v) is 9.27. The van der Waals surface area contributed by atoms with Crippen LogP contribution in [0.25, 0.3) is 32.7 Å². The van der Waals surface area contributed by atoms with Crippen LogP contribution in [0, 0.1) is 11.8 Å². The van der Waals surface area contributed by atoms with Gasteiger partial charge in [-0.1, -0.05) is 36.3 Å². The smallest absolute Gasteiger partial charge is 0.293 e. The summed E-state index contributed by atoms with van der Waals surface area (Å²) in [4.78, 5) is 25.3. The molecule has 36 heavy (non-hydrogen) atoms. The summed E-state index contributed by atoms with van der Waals surface area (Å²) in [5, 5.41) is 7.80. The average molecular weight is 478 g/mol. The summed E-state index contributed by atoms with van der Waals surface area (Å²) in [6.07, 6.45) is 5.46. The lowest BCUT2D eigenvalue weighted by Gasteiger charge is -2.31. The number of benzene rings is 2. The number of hydrogen-bond donors (Lipinski definition) is 1. The number of pyridine rings is 1. The average Bonchev–Trinajstić information content (AvgIpc) is 3.28. The van der Waals surface area contributed by atoms with E-state index >= 15 is 0 Å². The van der Waals surface area contributed by atoms with Gasteiger partial charge < -0.3 is 10.6 Å². The highest BCUT2D eigenvalue weighted by Gasteiger charge is 2.24. The molecule has 2 aromatic carbocycles. The molecule has 1 aliphatic rings. The van der Waals surface area contributed by atoms with Crippen LogP contribution in [0.4, 0.5) is 5.95 Å². The number of nitrogens with zero attached hydrogens (tertiary/aromatic N) is 6. The third-order valence-electron chi connectivity index (χ3n) is 6.92. The molecule has 5 aromatic rings. The fraction of sp³-hybridized carbons (Fsp3) is 0.286. The van der Waals surface area contributed by atoms with Crippen molar-refractivity contribution < 1.29 is 0 Å². The van der Waals surface area contributed by atoms with E-state index in [2.05, 4.69) is 51.1 Å². The van der Waals surface area contributed by atoms with Gasteiger partial charge in [0.2, 0.25) is 5.95 Å². The Hall–Kier alpha value is -4.22. The van der Waals surface area contributed by atoms with Crippen molar-refractivity contribution in [3.05, 3.63) is 70.8 Å².